The normalized spacial score (nSPS) is 18.6. The Morgan fingerprint density at radius 3 is 1.39 bits per heavy atom. The van der Waals surface area contributed by atoms with Crippen LogP contribution in [-0.2, 0) is 22.4 Å². The van der Waals surface area contributed by atoms with Gasteiger partial charge in [0.05, 0.1) is 10.8 Å². The summed E-state index contributed by atoms with van der Waals surface area (Å²) >= 11 is 0. The third-order valence-corrected chi connectivity index (χ3v) is 7.18. The van der Waals surface area contributed by atoms with Gasteiger partial charge in [0.15, 0.2) is 0 Å². The quantitative estimate of drug-likeness (QED) is 0.468. The Bertz CT molecular complexity index is 678. The fourth-order valence-electron chi connectivity index (χ4n) is 4.60. The molecule has 0 spiro atoms. The number of aryl methyl sites for hydroxylation is 2. The van der Waals surface area contributed by atoms with Crippen molar-refractivity contribution in [1.82, 2.24) is 0 Å². The Hall–Kier alpha value is -1.84. The fraction of sp³-hybridized carbons (Fsp3) is 0.667. The molecule has 0 radical (unpaired) electrons. The monoisotopic (exact) mass is 386 g/mol. The number of unbranched alkanes of at least 4 members (excludes halogenated alkanes) is 2. The second-order valence-electron chi connectivity index (χ2n) is 9.24. The van der Waals surface area contributed by atoms with E-state index in [2.05, 4.69) is 26.0 Å². The van der Waals surface area contributed by atoms with Gasteiger partial charge in [-0.3, -0.25) is 9.59 Å². The first kappa shape index (κ1) is 20.9. The van der Waals surface area contributed by atoms with Crippen LogP contribution in [0.1, 0.15) is 86.5 Å². The SMILES string of the molecule is Cc1ccc(C)c(CCCCC2(C(=O)O)CC2)c1CCCCC1(C(=O)O)CC1. The minimum absolute atomic E-state index is 0.409. The molecule has 0 aromatic heterocycles. The number of carbonyl (C=O) groups is 2. The molecule has 2 aliphatic carbocycles. The molecule has 2 N–H and O–H groups in total. The molecule has 3 rings (SSSR count). The summed E-state index contributed by atoms with van der Waals surface area (Å²) in [5.74, 6) is -1.23. The van der Waals surface area contributed by atoms with Crippen LogP contribution < -0.4 is 0 Å². The Balaban J connectivity index is 1.52. The molecule has 0 bridgehead atoms. The lowest BCUT2D eigenvalue weighted by atomic mass is 9.88. The van der Waals surface area contributed by atoms with Crippen molar-refractivity contribution in [3.63, 3.8) is 0 Å². The van der Waals surface area contributed by atoms with E-state index in [0.29, 0.717) is 0 Å². The molecule has 1 aromatic carbocycles. The van der Waals surface area contributed by atoms with E-state index in [-0.39, 0.29) is 0 Å². The maximum absolute atomic E-state index is 11.3. The highest BCUT2D eigenvalue weighted by Crippen LogP contribution is 2.50. The van der Waals surface area contributed by atoms with Gasteiger partial charge in [0.25, 0.3) is 0 Å². The summed E-state index contributed by atoms with van der Waals surface area (Å²) in [5.41, 5.74) is 4.69. The Morgan fingerprint density at radius 1 is 0.750 bits per heavy atom. The Morgan fingerprint density at radius 2 is 1.11 bits per heavy atom. The average Bonchev–Trinajstić information content (AvgIpc) is 3.55. The van der Waals surface area contributed by atoms with Crippen molar-refractivity contribution in [3.05, 3.63) is 34.4 Å². The van der Waals surface area contributed by atoms with Crippen molar-refractivity contribution in [2.24, 2.45) is 10.8 Å². The summed E-state index contributed by atoms with van der Waals surface area (Å²) in [6.45, 7) is 4.34. The lowest BCUT2D eigenvalue weighted by Gasteiger charge is -2.17. The molecule has 0 heterocycles. The summed E-state index contributed by atoms with van der Waals surface area (Å²) < 4.78 is 0. The van der Waals surface area contributed by atoms with Gasteiger partial charge >= 0.3 is 11.9 Å². The summed E-state index contributed by atoms with van der Waals surface area (Å²) in [6.07, 6.45) is 11.0. The number of carboxylic acid groups (broad SMARTS) is 2. The van der Waals surface area contributed by atoms with Gasteiger partial charge in [-0.2, -0.15) is 0 Å². The van der Waals surface area contributed by atoms with E-state index in [1.54, 1.807) is 0 Å². The van der Waals surface area contributed by atoms with Crippen LogP contribution in [0.3, 0.4) is 0 Å². The third-order valence-electron chi connectivity index (χ3n) is 7.18. The lowest BCUT2D eigenvalue weighted by molar-refractivity contribution is -0.144. The van der Waals surface area contributed by atoms with Gasteiger partial charge < -0.3 is 10.2 Å². The number of hydrogen-bond acceptors (Lipinski definition) is 2. The Kier molecular flexibility index (Phi) is 6.16. The highest BCUT2D eigenvalue weighted by Gasteiger charge is 2.49. The first-order valence-corrected chi connectivity index (χ1v) is 10.8. The third kappa shape index (κ3) is 4.59. The van der Waals surface area contributed by atoms with Crippen LogP contribution in [0.5, 0.6) is 0 Å². The second-order valence-corrected chi connectivity index (χ2v) is 9.24. The molecule has 28 heavy (non-hydrogen) atoms. The van der Waals surface area contributed by atoms with Gasteiger partial charge in [0.1, 0.15) is 0 Å². The minimum Gasteiger partial charge on any atom is -0.481 e. The van der Waals surface area contributed by atoms with E-state index in [1.807, 2.05) is 0 Å². The molecule has 4 heteroatoms. The molecular weight excluding hydrogens is 352 g/mol. The van der Waals surface area contributed by atoms with Crippen molar-refractivity contribution in [2.75, 3.05) is 0 Å². The van der Waals surface area contributed by atoms with Crippen molar-refractivity contribution < 1.29 is 19.8 Å². The van der Waals surface area contributed by atoms with Crippen LogP contribution in [0, 0.1) is 24.7 Å². The molecule has 2 saturated carbocycles. The molecule has 4 nitrogen and oxygen atoms in total. The molecule has 2 aliphatic rings. The first-order chi connectivity index (χ1) is 13.3. The van der Waals surface area contributed by atoms with Crippen molar-refractivity contribution in [2.45, 2.75) is 90.9 Å². The van der Waals surface area contributed by atoms with E-state index in [9.17, 15) is 19.8 Å². The van der Waals surface area contributed by atoms with Gasteiger partial charge in [-0.25, -0.2) is 0 Å². The van der Waals surface area contributed by atoms with Gasteiger partial charge in [0, 0.05) is 0 Å². The topological polar surface area (TPSA) is 74.6 Å². The maximum Gasteiger partial charge on any atom is 0.309 e. The van der Waals surface area contributed by atoms with E-state index in [0.717, 1.165) is 77.0 Å². The van der Waals surface area contributed by atoms with Crippen LogP contribution in [-0.4, -0.2) is 22.2 Å². The van der Waals surface area contributed by atoms with Crippen molar-refractivity contribution in [1.29, 1.82) is 0 Å². The predicted molar refractivity (Wildman–Crippen MR) is 110 cm³/mol. The molecule has 0 saturated heterocycles. The van der Waals surface area contributed by atoms with Gasteiger partial charge in [-0.1, -0.05) is 25.0 Å². The number of rotatable bonds is 12. The molecular formula is C24H34O4. The fourth-order valence-corrected chi connectivity index (χ4v) is 4.60. The number of benzene rings is 1. The van der Waals surface area contributed by atoms with Gasteiger partial charge in [-0.05, 0) is 100 Å². The summed E-state index contributed by atoms with van der Waals surface area (Å²) in [6, 6.07) is 4.38. The number of aliphatic carboxylic acids is 2. The molecule has 0 aliphatic heterocycles. The van der Waals surface area contributed by atoms with E-state index < -0.39 is 22.8 Å². The van der Waals surface area contributed by atoms with Crippen LogP contribution in [0.15, 0.2) is 12.1 Å². The zero-order chi connectivity index (χ0) is 20.4. The molecule has 0 atom stereocenters. The van der Waals surface area contributed by atoms with E-state index >= 15 is 0 Å². The maximum atomic E-state index is 11.3. The smallest absolute Gasteiger partial charge is 0.309 e. The minimum atomic E-state index is -0.616. The van der Waals surface area contributed by atoms with E-state index in [4.69, 9.17) is 0 Å². The molecule has 154 valence electrons. The lowest BCUT2D eigenvalue weighted by Crippen LogP contribution is -2.14. The zero-order valence-electron chi connectivity index (χ0n) is 17.4. The van der Waals surface area contributed by atoms with Crippen molar-refractivity contribution in [3.8, 4) is 0 Å². The van der Waals surface area contributed by atoms with Gasteiger partial charge in [0.2, 0.25) is 0 Å². The zero-order valence-corrected chi connectivity index (χ0v) is 17.4. The predicted octanol–water partition coefficient (Wildman–Crippen LogP) is 5.46. The highest BCUT2D eigenvalue weighted by molar-refractivity contribution is 5.78. The van der Waals surface area contributed by atoms with Crippen LogP contribution in [0.4, 0.5) is 0 Å². The van der Waals surface area contributed by atoms with Crippen molar-refractivity contribution >= 4 is 11.9 Å². The van der Waals surface area contributed by atoms with Crippen LogP contribution in [0.25, 0.3) is 0 Å². The number of carboxylic acids is 2. The number of hydrogen-bond donors (Lipinski definition) is 2. The largest absolute Gasteiger partial charge is 0.481 e. The molecule has 0 unspecified atom stereocenters. The highest BCUT2D eigenvalue weighted by atomic mass is 16.4. The summed E-state index contributed by atoms with van der Waals surface area (Å²) in [7, 11) is 0. The second kappa shape index (κ2) is 8.26. The average molecular weight is 387 g/mol. The van der Waals surface area contributed by atoms with Gasteiger partial charge in [-0.15, -0.1) is 0 Å². The first-order valence-electron chi connectivity index (χ1n) is 10.8. The van der Waals surface area contributed by atoms with Crippen LogP contribution >= 0.6 is 0 Å². The summed E-state index contributed by atoms with van der Waals surface area (Å²) in [4.78, 5) is 22.7. The van der Waals surface area contributed by atoms with Crippen LogP contribution in [0.2, 0.25) is 0 Å². The standard InChI is InChI=1S/C24H34O4/c1-17-9-10-18(2)20(8-4-6-12-24(15-16-24)22(27)28)19(17)7-3-5-11-23(13-14-23)21(25)26/h9-10H,3-8,11-16H2,1-2H3,(H,25,26)(H,27,28). The van der Waals surface area contributed by atoms with E-state index in [1.165, 1.54) is 22.3 Å². The molecule has 0 amide bonds. The molecule has 2 fully saturated rings. The molecule has 1 aromatic rings. The summed E-state index contributed by atoms with van der Waals surface area (Å²) in [5, 5.41) is 18.6. The Labute approximate surface area is 168 Å².